The number of aliphatic carboxylic acids is 1. The number of amides is 1. The normalized spacial score (nSPS) is 24.1. The van der Waals surface area contributed by atoms with Gasteiger partial charge in [0.05, 0.1) is 5.37 Å². The maximum Gasteiger partial charge on any atom is 0.327 e. The number of carboxylic acid groups (broad SMARTS) is 1. The fraction of sp³-hybridized carbons (Fsp3) is 0.875. The molecule has 3 atom stereocenters. The highest BCUT2D eigenvalue weighted by Crippen LogP contribution is 2.41. The maximum absolute atomic E-state index is 12.9. The molecular formula is C16H29NO3S. The number of rotatable bonds is 6. The van der Waals surface area contributed by atoms with Crippen molar-refractivity contribution in [2.45, 2.75) is 71.7 Å². The topological polar surface area (TPSA) is 57.6 Å². The first-order valence-corrected chi connectivity index (χ1v) is 8.95. The lowest BCUT2D eigenvalue weighted by atomic mass is 9.92. The Morgan fingerprint density at radius 1 is 1.33 bits per heavy atom. The molecule has 5 heteroatoms. The van der Waals surface area contributed by atoms with Crippen LogP contribution in [0.25, 0.3) is 0 Å². The van der Waals surface area contributed by atoms with Crippen LogP contribution < -0.4 is 0 Å². The van der Waals surface area contributed by atoms with Gasteiger partial charge < -0.3 is 10.0 Å². The van der Waals surface area contributed by atoms with Crippen molar-refractivity contribution in [3.8, 4) is 0 Å². The van der Waals surface area contributed by atoms with Gasteiger partial charge in [0.25, 0.3) is 0 Å². The summed E-state index contributed by atoms with van der Waals surface area (Å²) in [4.78, 5) is 26.1. The number of thioether (sulfide) groups is 1. The summed E-state index contributed by atoms with van der Waals surface area (Å²) in [6, 6.07) is -0.678. The van der Waals surface area contributed by atoms with E-state index in [0.29, 0.717) is 5.75 Å². The van der Waals surface area contributed by atoms with Gasteiger partial charge in [0, 0.05) is 11.7 Å². The first kappa shape index (κ1) is 18.3. The van der Waals surface area contributed by atoms with E-state index in [2.05, 4.69) is 27.7 Å². The van der Waals surface area contributed by atoms with Crippen molar-refractivity contribution in [1.29, 1.82) is 0 Å². The molecule has 1 aliphatic heterocycles. The number of nitrogens with zero attached hydrogens (tertiary/aromatic N) is 1. The largest absolute Gasteiger partial charge is 0.480 e. The molecule has 0 spiro atoms. The lowest BCUT2D eigenvalue weighted by Crippen LogP contribution is -2.51. The molecule has 0 bridgehead atoms. The summed E-state index contributed by atoms with van der Waals surface area (Å²) < 4.78 is 0. The minimum atomic E-state index is -0.882. The monoisotopic (exact) mass is 315 g/mol. The van der Waals surface area contributed by atoms with Crippen molar-refractivity contribution in [1.82, 2.24) is 4.90 Å². The SMILES string of the molecule is CCCCC(CC)C(=O)N1C(C(=O)O)CSC1C(C)(C)C. The smallest absolute Gasteiger partial charge is 0.327 e. The van der Waals surface area contributed by atoms with Gasteiger partial charge in [-0.2, -0.15) is 0 Å². The Kier molecular flexibility index (Phi) is 6.57. The second-order valence-electron chi connectivity index (χ2n) is 6.90. The number of hydrogen-bond acceptors (Lipinski definition) is 3. The second kappa shape index (κ2) is 7.52. The van der Waals surface area contributed by atoms with Gasteiger partial charge in [0.1, 0.15) is 6.04 Å². The summed E-state index contributed by atoms with van der Waals surface area (Å²) in [5.41, 5.74) is -0.117. The molecule has 1 N–H and O–H groups in total. The van der Waals surface area contributed by atoms with Crippen molar-refractivity contribution < 1.29 is 14.7 Å². The Bertz CT molecular complexity index is 378. The van der Waals surface area contributed by atoms with Crippen molar-refractivity contribution in [3.05, 3.63) is 0 Å². The standard InChI is InChI=1S/C16H29NO3S/c1-6-8-9-11(7-2)13(18)17-12(14(19)20)10-21-15(17)16(3,4)5/h11-12,15H,6-10H2,1-5H3,(H,19,20). The van der Waals surface area contributed by atoms with Gasteiger partial charge >= 0.3 is 5.97 Å². The van der Waals surface area contributed by atoms with E-state index in [0.717, 1.165) is 25.7 Å². The number of carbonyl (C=O) groups excluding carboxylic acids is 1. The Balaban J connectivity index is 2.99. The van der Waals surface area contributed by atoms with Crippen molar-refractivity contribution in [3.63, 3.8) is 0 Å². The van der Waals surface area contributed by atoms with Gasteiger partial charge in [-0.1, -0.05) is 47.5 Å². The van der Waals surface area contributed by atoms with E-state index in [9.17, 15) is 14.7 Å². The van der Waals surface area contributed by atoms with E-state index >= 15 is 0 Å². The lowest BCUT2D eigenvalue weighted by molar-refractivity contribution is -0.152. The minimum absolute atomic E-state index is 0.0308. The molecule has 0 aliphatic carbocycles. The van der Waals surface area contributed by atoms with Crippen LogP contribution in [-0.4, -0.2) is 39.1 Å². The van der Waals surface area contributed by atoms with Gasteiger partial charge in [0.2, 0.25) is 5.91 Å². The molecule has 3 unspecified atom stereocenters. The molecule has 1 rings (SSSR count). The lowest BCUT2D eigenvalue weighted by Gasteiger charge is -2.37. The predicted octanol–water partition coefficient (Wildman–Crippen LogP) is 3.60. The van der Waals surface area contributed by atoms with Gasteiger partial charge in [-0.3, -0.25) is 4.79 Å². The van der Waals surface area contributed by atoms with Gasteiger partial charge in [0.15, 0.2) is 0 Å². The molecule has 1 amide bonds. The zero-order valence-corrected chi connectivity index (χ0v) is 14.7. The molecule has 1 fully saturated rings. The van der Waals surface area contributed by atoms with Crippen molar-refractivity contribution in [2.75, 3.05) is 5.75 Å². The quantitative estimate of drug-likeness (QED) is 0.813. The van der Waals surface area contributed by atoms with Gasteiger partial charge in [-0.05, 0) is 18.3 Å². The third-order valence-corrected chi connectivity index (χ3v) is 5.79. The number of hydrogen-bond donors (Lipinski definition) is 1. The van der Waals surface area contributed by atoms with Gasteiger partial charge in [-0.15, -0.1) is 11.8 Å². The molecule has 0 aromatic rings. The first-order valence-electron chi connectivity index (χ1n) is 7.90. The third-order valence-electron chi connectivity index (χ3n) is 4.03. The van der Waals surface area contributed by atoms with Crippen LogP contribution in [0.4, 0.5) is 0 Å². The van der Waals surface area contributed by atoms with Crippen LogP contribution in [-0.2, 0) is 9.59 Å². The highest BCUT2D eigenvalue weighted by molar-refractivity contribution is 8.00. The Morgan fingerprint density at radius 2 is 1.95 bits per heavy atom. The number of carbonyl (C=O) groups is 2. The molecule has 1 heterocycles. The predicted molar refractivity (Wildman–Crippen MR) is 87.3 cm³/mol. The highest BCUT2D eigenvalue weighted by atomic mass is 32.2. The van der Waals surface area contributed by atoms with Crippen LogP contribution in [0.1, 0.15) is 60.3 Å². The fourth-order valence-electron chi connectivity index (χ4n) is 2.80. The average molecular weight is 315 g/mol. The Morgan fingerprint density at radius 3 is 2.38 bits per heavy atom. The zero-order chi connectivity index (χ0) is 16.2. The Labute approximate surface area is 132 Å². The molecule has 0 aromatic carbocycles. The molecule has 1 saturated heterocycles. The zero-order valence-electron chi connectivity index (χ0n) is 13.9. The molecule has 122 valence electrons. The molecule has 0 radical (unpaired) electrons. The van der Waals surface area contributed by atoms with Crippen molar-refractivity contribution >= 4 is 23.6 Å². The highest BCUT2D eigenvalue weighted by Gasteiger charge is 2.47. The summed E-state index contributed by atoms with van der Waals surface area (Å²) in [7, 11) is 0. The molecular weight excluding hydrogens is 286 g/mol. The molecule has 0 aromatic heterocycles. The van der Waals surface area contributed by atoms with Crippen LogP contribution in [0.5, 0.6) is 0 Å². The fourth-order valence-corrected chi connectivity index (χ4v) is 4.38. The second-order valence-corrected chi connectivity index (χ2v) is 8.01. The van der Waals surface area contributed by atoms with Gasteiger partial charge in [-0.25, -0.2) is 4.79 Å². The van der Waals surface area contributed by atoms with E-state index in [1.807, 2.05) is 6.92 Å². The van der Waals surface area contributed by atoms with E-state index in [1.165, 1.54) is 0 Å². The van der Waals surface area contributed by atoms with E-state index < -0.39 is 12.0 Å². The number of carboxylic acids is 1. The van der Waals surface area contributed by atoms with E-state index in [4.69, 9.17) is 0 Å². The molecule has 1 aliphatic rings. The van der Waals surface area contributed by atoms with Crippen LogP contribution in [0, 0.1) is 11.3 Å². The first-order chi connectivity index (χ1) is 9.73. The summed E-state index contributed by atoms with van der Waals surface area (Å²) in [5, 5.41) is 9.39. The van der Waals surface area contributed by atoms with Crippen molar-refractivity contribution in [2.24, 2.45) is 11.3 Å². The maximum atomic E-state index is 12.9. The van der Waals surface area contributed by atoms with Crippen LogP contribution in [0.3, 0.4) is 0 Å². The number of unbranched alkanes of at least 4 members (excludes halogenated alkanes) is 1. The summed E-state index contributed by atoms with van der Waals surface area (Å²) in [6.07, 6.45) is 3.71. The minimum Gasteiger partial charge on any atom is -0.480 e. The van der Waals surface area contributed by atoms with E-state index in [1.54, 1.807) is 16.7 Å². The summed E-state index contributed by atoms with van der Waals surface area (Å²) >= 11 is 1.60. The Hall–Kier alpha value is -0.710. The van der Waals surface area contributed by atoms with Crippen LogP contribution >= 0.6 is 11.8 Å². The molecule has 0 saturated carbocycles. The molecule has 21 heavy (non-hydrogen) atoms. The van der Waals surface area contributed by atoms with Crippen LogP contribution in [0.15, 0.2) is 0 Å². The summed E-state index contributed by atoms with van der Waals surface area (Å²) in [5.74, 6) is -0.403. The van der Waals surface area contributed by atoms with E-state index in [-0.39, 0.29) is 22.6 Å². The average Bonchev–Trinajstić information content (AvgIpc) is 2.83. The van der Waals surface area contributed by atoms with Crippen LogP contribution in [0.2, 0.25) is 0 Å². The molecule has 4 nitrogen and oxygen atoms in total. The summed E-state index contributed by atoms with van der Waals surface area (Å²) in [6.45, 7) is 10.3. The third kappa shape index (κ3) is 4.38.